The molecule has 4 aliphatic carbocycles. The summed E-state index contributed by atoms with van der Waals surface area (Å²) < 4.78 is 22.3. The summed E-state index contributed by atoms with van der Waals surface area (Å²) in [6, 6.07) is 1.63. The molecule has 0 aromatic heterocycles. The number of aliphatic hydroxyl groups excluding tert-OH is 1. The summed E-state index contributed by atoms with van der Waals surface area (Å²) in [6.07, 6.45) is 1.56. The summed E-state index contributed by atoms with van der Waals surface area (Å²) in [7, 11) is 2.86. The Kier molecular flexibility index (Phi) is 5.85. The average Bonchev–Trinajstić information content (AvgIpc) is 3.48. The molecular formula is C29H34Cl2O8. The quantitative estimate of drug-likeness (QED) is 0.407. The zero-order valence-corrected chi connectivity index (χ0v) is 24.2. The van der Waals surface area contributed by atoms with Crippen molar-refractivity contribution < 1.29 is 38.7 Å². The Bertz CT molecular complexity index is 1320. The van der Waals surface area contributed by atoms with Gasteiger partial charge in [-0.15, -0.1) is 11.6 Å². The maximum absolute atomic E-state index is 14.4. The number of rotatable bonds is 3. The number of Topliss-reactive ketones (excluding diaryl/α,β-unsaturated/α-hetero) is 1. The van der Waals surface area contributed by atoms with Gasteiger partial charge in [0, 0.05) is 41.5 Å². The van der Waals surface area contributed by atoms with Crippen molar-refractivity contribution in [3.8, 4) is 11.5 Å². The minimum absolute atomic E-state index is 0.00868. The fourth-order valence-electron chi connectivity index (χ4n) is 9.27. The largest absolute Gasteiger partial charge is 0.468 e. The lowest BCUT2D eigenvalue weighted by Crippen LogP contribution is -2.81. The second kappa shape index (κ2) is 8.35. The van der Waals surface area contributed by atoms with Gasteiger partial charge in [0.1, 0.15) is 11.2 Å². The van der Waals surface area contributed by atoms with Gasteiger partial charge in [-0.3, -0.25) is 9.59 Å². The first-order valence-corrected chi connectivity index (χ1v) is 14.1. The van der Waals surface area contributed by atoms with Gasteiger partial charge in [0.2, 0.25) is 6.79 Å². The van der Waals surface area contributed by atoms with Crippen LogP contribution in [0.2, 0.25) is 5.02 Å². The van der Waals surface area contributed by atoms with Crippen LogP contribution in [0.1, 0.15) is 57.6 Å². The molecule has 8 nitrogen and oxygen atoms in total. The molecule has 0 radical (unpaired) electrons. The zero-order valence-electron chi connectivity index (χ0n) is 22.7. The van der Waals surface area contributed by atoms with Crippen LogP contribution in [0.15, 0.2) is 11.6 Å². The van der Waals surface area contributed by atoms with Gasteiger partial charge in [0.25, 0.3) is 0 Å². The van der Waals surface area contributed by atoms with E-state index in [2.05, 4.69) is 0 Å². The van der Waals surface area contributed by atoms with E-state index in [9.17, 15) is 19.8 Å². The summed E-state index contributed by atoms with van der Waals surface area (Å²) in [5.74, 6) is -0.764. The normalized spacial score (nSPS) is 43.7. The topological polar surface area (TPSA) is 112 Å². The molecule has 0 spiro atoms. The molecule has 0 unspecified atom stereocenters. The van der Waals surface area contributed by atoms with Crippen molar-refractivity contribution in [1.82, 2.24) is 0 Å². The van der Waals surface area contributed by atoms with Gasteiger partial charge in [-0.05, 0) is 42.4 Å². The fourth-order valence-corrected chi connectivity index (χ4v) is 10.4. The summed E-state index contributed by atoms with van der Waals surface area (Å²) in [5.41, 5.74) is -5.51. The number of alkyl halides is 1. The lowest BCUT2D eigenvalue weighted by Gasteiger charge is -2.71. The van der Waals surface area contributed by atoms with E-state index in [-0.39, 0.29) is 25.6 Å². The van der Waals surface area contributed by atoms with Crippen molar-refractivity contribution in [2.75, 3.05) is 27.6 Å². The molecule has 8 atom stereocenters. The molecule has 0 amide bonds. The number of carbonyl (C=O) groups excluding carboxylic acids is 2. The Morgan fingerprint density at radius 2 is 1.92 bits per heavy atom. The molecule has 1 aliphatic heterocycles. The van der Waals surface area contributed by atoms with Crippen LogP contribution in [0.4, 0.5) is 0 Å². The van der Waals surface area contributed by atoms with Crippen LogP contribution in [0.5, 0.6) is 11.5 Å². The van der Waals surface area contributed by atoms with Gasteiger partial charge in [-0.1, -0.05) is 31.9 Å². The first-order valence-electron chi connectivity index (χ1n) is 13.3. The van der Waals surface area contributed by atoms with E-state index in [1.54, 1.807) is 33.1 Å². The van der Waals surface area contributed by atoms with Crippen molar-refractivity contribution in [3.05, 3.63) is 27.8 Å². The van der Waals surface area contributed by atoms with Crippen molar-refractivity contribution in [2.45, 2.75) is 69.0 Å². The van der Waals surface area contributed by atoms with Crippen molar-refractivity contribution in [2.24, 2.45) is 22.2 Å². The highest BCUT2D eigenvalue weighted by molar-refractivity contribution is 6.33. The number of aliphatic hydroxyl groups is 2. The van der Waals surface area contributed by atoms with Crippen molar-refractivity contribution in [1.29, 1.82) is 0 Å². The molecule has 3 fully saturated rings. The number of ether oxygens (including phenoxy) is 4. The van der Waals surface area contributed by atoms with Gasteiger partial charge < -0.3 is 29.2 Å². The maximum Gasteiger partial charge on any atom is 0.315 e. The predicted octanol–water partition coefficient (Wildman–Crippen LogP) is 4.03. The molecule has 3 saturated carbocycles. The van der Waals surface area contributed by atoms with Crippen LogP contribution < -0.4 is 9.47 Å². The lowest BCUT2D eigenvalue weighted by atomic mass is 9.34. The summed E-state index contributed by atoms with van der Waals surface area (Å²) in [5, 5.41) is 24.6. The van der Waals surface area contributed by atoms with Gasteiger partial charge in [0.15, 0.2) is 11.5 Å². The number of hydrogen-bond donors (Lipinski definition) is 2. The van der Waals surface area contributed by atoms with Crippen LogP contribution >= 0.6 is 23.2 Å². The number of esters is 1. The Morgan fingerprint density at radius 1 is 1.21 bits per heavy atom. The zero-order chi connectivity index (χ0) is 28.3. The lowest BCUT2D eigenvalue weighted by molar-refractivity contribution is -0.280. The SMILES string of the molecule is COC[C@@]1(C)CCC[C@]2(C(=O)OC)[C@@H]1[C@H](Cl)[C@H](O)[C@]1(C)C3=Cc4c5c(cc(Cl)c4[C@]3(C)C(=O)C[C@]12O)OCO5. The van der Waals surface area contributed by atoms with Crippen molar-refractivity contribution >= 4 is 41.0 Å². The van der Waals surface area contributed by atoms with Crippen LogP contribution in [-0.4, -0.2) is 66.7 Å². The van der Waals surface area contributed by atoms with Crippen LogP contribution in [0.3, 0.4) is 0 Å². The van der Waals surface area contributed by atoms with Gasteiger partial charge in [-0.25, -0.2) is 0 Å². The molecule has 10 heteroatoms. The Balaban J connectivity index is 1.66. The van der Waals surface area contributed by atoms with Gasteiger partial charge >= 0.3 is 5.97 Å². The second-order valence-electron chi connectivity index (χ2n) is 12.5. The third-order valence-electron chi connectivity index (χ3n) is 10.9. The summed E-state index contributed by atoms with van der Waals surface area (Å²) >= 11 is 14.0. The van der Waals surface area contributed by atoms with Gasteiger partial charge in [-0.2, -0.15) is 0 Å². The number of benzene rings is 1. The predicted molar refractivity (Wildman–Crippen MR) is 143 cm³/mol. The Morgan fingerprint density at radius 3 is 2.59 bits per heavy atom. The molecule has 1 aromatic rings. The number of halogens is 2. The molecule has 0 bridgehead atoms. The van der Waals surface area contributed by atoms with E-state index in [1.807, 2.05) is 6.92 Å². The molecule has 1 heterocycles. The number of fused-ring (bicyclic) bond motifs is 9. The molecule has 2 N–H and O–H groups in total. The van der Waals surface area contributed by atoms with E-state index < -0.39 is 57.1 Å². The summed E-state index contributed by atoms with van der Waals surface area (Å²) in [4.78, 5) is 28.4. The van der Waals surface area contributed by atoms with Crippen LogP contribution in [-0.2, 0) is 24.5 Å². The van der Waals surface area contributed by atoms with E-state index in [0.29, 0.717) is 46.1 Å². The summed E-state index contributed by atoms with van der Waals surface area (Å²) in [6.45, 7) is 5.71. The van der Waals surface area contributed by atoms with Crippen LogP contribution in [0, 0.1) is 22.2 Å². The first kappa shape index (κ1) is 27.3. The minimum atomic E-state index is -2.02. The highest BCUT2D eigenvalue weighted by atomic mass is 35.5. The maximum atomic E-state index is 14.4. The number of hydrogen-bond acceptors (Lipinski definition) is 8. The Labute approximate surface area is 237 Å². The third-order valence-corrected chi connectivity index (χ3v) is 11.7. The molecule has 0 saturated heterocycles. The highest BCUT2D eigenvalue weighted by Gasteiger charge is 2.82. The van der Waals surface area contributed by atoms with E-state index in [4.69, 9.17) is 42.1 Å². The first-order chi connectivity index (χ1) is 18.3. The smallest absolute Gasteiger partial charge is 0.315 e. The molecule has 6 rings (SSSR count). The second-order valence-corrected chi connectivity index (χ2v) is 13.4. The van der Waals surface area contributed by atoms with E-state index in [1.165, 1.54) is 7.11 Å². The van der Waals surface area contributed by atoms with E-state index >= 15 is 0 Å². The standard InChI is InChI=1S/C29H34Cl2O8/c1-25(12-36-4)7-6-8-28(24(34)37-5)22(25)20(31)23(33)27(3)17-9-14-19(15(30)10-16-21(14)39-13-38-16)26(17,2)18(32)11-29(27,28)35/h9-10,20,22-23,33,35H,6-8,11-13H2,1-5H3/t20-,22+,23-,25+,26-,27-,28+,29-/m0/s1. The van der Waals surface area contributed by atoms with E-state index in [0.717, 1.165) is 0 Å². The highest BCUT2D eigenvalue weighted by Crippen LogP contribution is 2.74. The van der Waals surface area contributed by atoms with Crippen LogP contribution in [0.25, 0.3) is 6.08 Å². The molecule has 39 heavy (non-hydrogen) atoms. The van der Waals surface area contributed by atoms with Gasteiger partial charge in [0.05, 0.1) is 36.2 Å². The molecule has 1 aromatic carbocycles. The molecule has 212 valence electrons. The van der Waals surface area contributed by atoms with Crippen molar-refractivity contribution in [3.63, 3.8) is 0 Å². The monoisotopic (exact) mass is 580 g/mol. The number of ketones is 1. The third kappa shape index (κ3) is 2.87. The fraction of sp³-hybridized carbons (Fsp3) is 0.655. The Hall–Kier alpha value is -1.84. The number of carbonyl (C=O) groups is 2. The average molecular weight is 581 g/mol. The molecular weight excluding hydrogens is 547 g/mol. The number of methoxy groups -OCH3 is 2. The molecule has 5 aliphatic rings. The minimum Gasteiger partial charge on any atom is -0.468 e.